The van der Waals surface area contributed by atoms with Gasteiger partial charge < -0.3 is 18.8 Å². The number of aliphatic hydroxyl groups excluding tert-OH is 1. The fourth-order valence-corrected chi connectivity index (χ4v) is 5.59. The van der Waals surface area contributed by atoms with Gasteiger partial charge in [0.15, 0.2) is 0 Å². The molecular formula is C39H45F3O7S. The van der Waals surface area contributed by atoms with E-state index in [1.54, 1.807) is 30.3 Å². The first kappa shape index (κ1) is 40.3. The fourth-order valence-electron chi connectivity index (χ4n) is 5.04. The molecule has 0 spiro atoms. The Labute approximate surface area is 293 Å². The molecule has 3 aromatic rings. The molecule has 270 valence electrons. The molecule has 0 radical (unpaired) electrons. The molecular weight excluding hydrogens is 669 g/mol. The van der Waals surface area contributed by atoms with Crippen molar-refractivity contribution in [1.82, 2.24) is 0 Å². The first-order valence-electron chi connectivity index (χ1n) is 16.8. The highest BCUT2D eigenvalue weighted by molar-refractivity contribution is 7.87. The van der Waals surface area contributed by atoms with Crippen molar-refractivity contribution in [2.75, 3.05) is 6.61 Å². The van der Waals surface area contributed by atoms with Gasteiger partial charge in [-0.1, -0.05) is 106 Å². The summed E-state index contributed by atoms with van der Waals surface area (Å²) in [6.45, 7) is 3.84. The van der Waals surface area contributed by atoms with Crippen LogP contribution in [0.1, 0.15) is 92.8 Å². The zero-order valence-electron chi connectivity index (χ0n) is 28.4. The van der Waals surface area contributed by atoms with Gasteiger partial charge in [-0.15, -0.1) is 11.8 Å². The SMILES string of the molecule is CCCC/C(OS(=O)(=O)C(F)(F)F)=C1/C[C@H](COC(=O)c2ccccc2)O[C@@H]1Cc1ccccc1.CCCCC#CCC(O)c1ccccc1. The number of unbranched alkanes of at least 4 members (excludes halogenated alkanes) is 3. The summed E-state index contributed by atoms with van der Waals surface area (Å²) in [6.07, 6.45) is 3.39. The second-order valence-corrected chi connectivity index (χ2v) is 13.3. The average molecular weight is 715 g/mol. The highest BCUT2D eigenvalue weighted by Gasteiger charge is 2.49. The van der Waals surface area contributed by atoms with Crippen LogP contribution in [0.15, 0.2) is 102 Å². The molecule has 1 N–H and O–H groups in total. The van der Waals surface area contributed by atoms with Crippen molar-refractivity contribution in [3.63, 3.8) is 0 Å². The summed E-state index contributed by atoms with van der Waals surface area (Å²) in [4.78, 5) is 12.3. The molecule has 1 aliphatic heterocycles. The Balaban J connectivity index is 0.000000376. The van der Waals surface area contributed by atoms with E-state index in [1.807, 2.05) is 67.6 Å². The van der Waals surface area contributed by atoms with E-state index in [2.05, 4.69) is 22.9 Å². The Morgan fingerprint density at radius 2 is 1.52 bits per heavy atom. The van der Waals surface area contributed by atoms with Crippen LogP contribution in [-0.2, 0) is 30.2 Å². The molecule has 0 saturated carbocycles. The molecule has 0 amide bonds. The number of alkyl halides is 3. The number of esters is 1. The van der Waals surface area contributed by atoms with Gasteiger partial charge in [-0.25, -0.2) is 4.79 Å². The molecule has 3 atom stereocenters. The summed E-state index contributed by atoms with van der Waals surface area (Å²) in [5.74, 6) is 5.27. The first-order valence-corrected chi connectivity index (χ1v) is 18.2. The number of halogens is 3. The van der Waals surface area contributed by atoms with Crippen molar-refractivity contribution in [3.05, 3.63) is 119 Å². The van der Waals surface area contributed by atoms with Gasteiger partial charge in [0.25, 0.3) is 0 Å². The minimum absolute atomic E-state index is 0.00627. The Bertz CT molecular complexity index is 1650. The van der Waals surface area contributed by atoms with E-state index in [1.165, 1.54) is 6.42 Å². The van der Waals surface area contributed by atoms with Crippen molar-refractivity contribution in [2.24, 2.45) is 0 Å². The third-order valence-corrected chi connectivity index (χ3v) is 8.72. The van der Waals surface area contributed by atoms with Gasteiger partial charge in [0.05, 0.1) is 23.9 Å². The summed E-state index contributed by atoms with van der Waals surface area (Å²) in [5.41, 5.74) is -3.07. The van der Waals surface area contributed by atoms with E-state index in [9.17, 15) is 31.5 Å². The van der Waals surface area contributed by atoms with E-state index in [0.717, 1.165) is 24.0 Å². The number of allylic oxidation sites excluding steroid dienone is 1. The maximum atomic E-state index is 13.1. The molecule has 1 aliphatic rings. The van der Waals surface area contributed by atoms with Crippen LogP contribution in [-0.4, -0.2) is 43.8 Å². The molecule has 50 heavy (non-hydrogen) atoms. The third kappa shape index (κ3) is 13.3. The Kier molecular flexibility index (Phi) is 16.6. The summed E-state index contributed by atoms with van der Waals surface area (Å²) < 4.78 is 78.9. The lowest BCUT2D eigenvalue weighted by Crippen LogP contribution is -2.26. The summed E-state index contributed by atoms with van der Waals surface area (Å²) in [5, 5.41) is 9.77. The van der Waals surface area contributed by atoms with Crippen LogP contribution in [0.3, 0.4) is 0 Å². The van der Waals surface area contributed by atoms with Gasteiger partial charge in [-0.05, 0) is 36.1 Å². The summed E-state index contributed by atoms with van der Waals surface area (Å²) in [7, 11) is -5.84. The Morgan fingerprint density at radius 1 is 0.920 bits per heavy atom. The van der Waals surface area contributed by atoms with Crippen LogP contribution < -0.4 is 0 Å². The summed E-state index contributed by atoms with van der Waals surface area (Å²) >= 11 is 0. The van der Waals surface area contributed by atoms with Gasteiger partial charge in [0.1, 0.15) is 12.4 Å². The summed E-state index contributed by atoms with van der Waals surface area (Å²) in [6, 6.07) is 27.1. The average Bonchev–Trinajstić information content (AvgIpc) is 3.52. The number of benzene rings is 3. The molecule has 1 saturated heterocycles. The van der Waals surface area contributed by atoms with Crippen molar-refractivity contribution < 1.29 is 45.1 Å². The second kappa shape index (κ2) is 20.5. The monoisotopic (exact) mass is 714 g/mol. The van der Waals surface area contributed by atoms with Gasteiger partial charge in [0, 0.05) is 37.7 Å². The zero-order chi connectivity index (χ0) is 36.4. The predicted molar refractivity (Wildman–Crippen MR) is 186 cm³/mol. The quantitative estimate of drug-likeness (QED) is 0.0445. The van der Waals surface area contributed by atoms with Gasteiger partial charge in [-0.3, -0.25) is 0 Å². The first-order chi connectivity index (χ1) is 23.9. The Morgan fingerprint density at radius 3 is 2.12 bits per heavy atom. The minimum atomic E-state index is -5.84. The van der Waals surface area contributed by atoms with Crippen LogP contribution in [0.4, 0.5) is 13.2 Å². The lowest BCUT2D eigenvalue weighted by molar-refractivity contribution is -0.0525. The normalized spacial score (nSPS) is 17.4. The number of ether oxygens (including phenoxy) is 2. The minimum Gasteiger partial charge on any atom is -0.459 e. The molecule has 3 aromatic carbocycles. The maximum Gasteiger partial charge on any atom is 0.534 e. The van der Waals surface area contributed by atoms with Crippen LogP contribution in [0.2, 0.25) is 0 Å². The highest BCUT2D eigenvalue weighted by atomic mass is 32.2. The lowest BCUT2D eigenvalue weighted by Gasteiger charge is -2.18. The molecule has 1 unspecified atom stereocenters. The van der Waals surface area contributed by atoms with Crippen molar-refractivity contribution in [3.8, 4) is 11.8 Å². The molecule has 7 nitrogen and oxygen atoms in total. The van der Waals surface area contributed by atoms with E-state index in [-0.39, 0.29) is 25.2 Å². The highest BCUT2D eigenvalue weighted by Crippen LogP contribution is 2.36. The number of hydrogen-bond donors (Lipinski definition) is 1. The zero-order valence-corrected chi connectivity index (χ0v) is 29.2. The maximum absolute atomic E-state index is 13.1. The number of rotatable bonds is 14. The largest absolute Gasteiger partial charge is 0.534 e. The predicted octanol–water partition coefficient (Wildman–Crippen LogP) is 8.86. The second-order valence-electron chi connectivity index (χ2n) is 11.7. The molecule has 0 aromatic heterocycles. The number of hydrogen-bond acceptors (Lipinski definition) is 7. The van der Waals surface area contributed by atoms with Gasteiger partial charge >= 0.3 is 21.6 Å². The van der Waals surface area contributed by atoms with Crippen molar-refractivity contribution >= 4 is 16.1 Å². The third-order valence-electron chi connectivity index (χ3n) is 7.74. The van der Waals surface area contributed by atoms with Crippen LogP contribution in [0, 0.1) is 11.8 Å². The molecule has 0 bridgehead atoms. The number of carbonyl (C=O) groups excluding carboxylic acids is 1. The molecule has 4 rings (SSSR count). The van der Waals surface area contributed by atoms with Gasteiger partial charge in [0.2, 0.25) is 0 Å². The lowest BCUT2D eigenvalue weighted by atomic mass is 9.97. The van der Waals surface area contributed by atoms with E-state index in [0.29, 0.717) is 36.8 Å². The van der Waals surface area contributed by atoms with Crippen LogP contribution in [0.25, 0.3) is 0 Å². The van der Waals surface area contributed by atoms with Crippen LogP contribution in [0.5, 0.6) is 0 Å². The topological polar surface area (TPSA) is 99.1 Å². The molecule has 11 heteroatoms. The Hall–Kier alpha value is -4.11. The smallest absolute Gasteiger partial charge is 0.459 e. The van der Waals surface area contributed by atoms with Crippen LogP contribution >= 0.6 is 0 Å². The number of aliphatic hydroxyl groups is 1. The van der Waals surface area contributed by atoms with Gasteiger partial charge in [-0.2, -0.15) is 21.6 Å². The fraction of sp³-hybridized carbons (Fsp3) is 0.410. The molecule has 1 fully saturated rings. The van der Waals surface area contributed by atoms with E-state index >= 15 is 0 Å². The van der Waals surface area contributed by atoms with E-state index < -0.39 is 39.9 Å². The van der Waals surface area contributed by atoms with E-state index in [4.69, 9.17) is 9.47 Å². The van der Waals surface area contributed by atoms with Crippen molar-refractivity contribution in [2.45, 2.75) is 95.5 Å². The standard InChI is InChI=1S/C25H27F3O6S.C14H18O/c1-2-3-14-22(34-35(30,31)25(26,27)28)21-16-20(17-32-24(29)19-12-8-5-9-13-19)33-23(21)15-18-10-6-4-7-11-18;1-2-3-4-5-9-12-14(15)13-10-7-6-8-11-13/h4-13,20,23H,2-3,14-17H2,1H3;6-8,10-11,14-15H,2-4,12H2,1H3/b22-21+;/t20-,23-;/m1./s1. The number of carbonyl (C=O) groups is 1. The molecule has 0 aliphatic carbocycles. The molecule has 1 heterocycles. The van der Waals surface area contributed by atoms with Crippen molar-refractivity contribution in [1.29, 1.82) is 0 Å².